The molecule has 2 unspecified atom stereocenters. The van der Waals surface area contributed by atoms with Gasteiger partial charge in [0, 0.05) is 52.1 Å². The van der Waals surface area contributed by atoms with E-state index >= 15 is 0 Å². The molecule has 5 nitrogen and oxygen atoms in total. The summed E-state index contributed by atoms with van der Waals surface area (Å²) in [6.07, 6.45) is 2.68. The van der Waals surface area contributed by atoms with Crippen LogP contribution in [0.5, 0.6) is 0 Å². The number of allylic oxidation sites excluding steroid dienone is 1. The molecule has 2 amide bonds. The van der Waals surface area contributed by atoms with Crippen molar-refractivity contribution in [3.05, 3.63) is 11.6 Å². The summed E-state index contributed by atoms with van der Waals surface area (Å²) in [5.41, 5.74) is -0.000972. The van der Waals surface area contributed by atoms with Gasteiger partial charge in [-0.2, -0.15) is 11.6 Å². The predicted molar refractivity (Wildman–Crippen MR) is 48.2 cm³/mol. The van der Waals surface area contributed by atoms with Crippen LogP contribution in [0.25, 0.3) is 0 Å². The predicted octanol–water partition coefficient (Wildman–Crippen LogP) is -0.776. The first kappa shape index (κ1) is 13.4. The Morgan fingerprint density at radius 1 is 1.31 bits per heavy atom. The molecule has 0 aromatic heterocycles. The van der Waals surface area contributed by atoms with Gasteiger partial charge in [-0.3, -0.25) is 14.5 Å². The Labute approximate surface area is 117 Å². The van der Waals surface area contributed by atoms with E-state index in [-0.39, 0.29) is 56.4 Å². The second-order valence-electron chi connectivity index (χ2n) is 3.69. The molecule has 0 spiro atoms. The molecule has 81 valence electrons. The van der Waals surface area contributed by atoms with Crippen molar-refractivity contribution < 1.29 is 51.9 Å². The summed E-state index contributed by atoms with van der Waals surface area (Å²) in [5.74, 6) is -2.61. The molecule has 1 aliphatic heterocycles. The number of ketones is 1. The molecule has 0 N–H and O–H groups in total. The number of carbonyl (C=O) groups excluding carboxylic acids is 4. The van der Waals surface area contributed by atoms with Gasteiger partial charge >= 0.3 is 0 Å². The summed E-state index contributed by atoms with van der Waals surface area (Å²) < 4.78 is 0. The van der Waals surface area contributed by atoms with Crippen molar-refractivity contribution in [3.63, 3.8) is 0 Å². The van der Waals surface area contributed by atoms with E-state index < -0.39 is 17.7 Å². The molecular weight excluding hydrogens is 287 g/mol. The number of rotatable bonds is 1. The largest absolute Gasteiger partial charge is 0.419 e. The third-order valence-electron chi connectivity index (χ3n) is 2.84. The summed E-state index contributed by atoms with van der Waals surface area (Å²) in [6.45, 7) is 0. The number of carbonyl (C=O) groups is 3. The second-order valence-corrected chi connectivity index (χ2v) is 3.69. The molecule has 0 bridgehead atoms. The molecule has 2 aliphatic rings. The molecule has 0 saturated carbocycles. The van der Waals surface area contributed by atoms with Crippen molar-refractivity contribution in [1.29, 1.82) is 0 Å². The normalized spacial score (nSPS) is 28.4. The minimum absolute atomic E-state index is 0. The fourth-order valence-corrected chi connectivity index (χ4v) is 2.07. The monoisotopic (exact) mass is 295 g/mol. The quantitative estimate of drug-likeness (QED) is 0.470. The first-order valence-electron chi connectivity index (χ1n) is 4.50. The summed E-state index contributed by atoms with van der Waals surface area (Å²) in [7, 11) is 1.36. The van der Waals surface area contributed by atoms with E-state index in [2.05, 4.69) is 0 Å². The number of fused-ring (bicyclic) bond motifs is 1. The molecule has 0 aromatic rings. The fourth-order valence-electron chi connectivity index (χ4n) is 2.07. The molecule has 1 fully saturated rings. The Bertz CT molecular complexity index is 415. The van der Waals surface area contributed by atoms with E-state index in [4.69, 9.17) is 0 Å². The first-order chi connectivity index (χ1) is 7.06. The smallest absolute Gasteiger partial charge is 0.234 e. The van der Waals surface area contributed by atoms with Crippen LogP contribution in [0.4, 0.5) is 0 Å². The van der Waals surface area contributed by atoms with Gasteiger partial charge in [0.05, 0.1) is 11.7 Å². The Hall–Kier alpha value is -0.676. The zero-order chi connectivity index (χ0) is 11.2. The van der Waals surface area contributed by atoms with Gasteiger partial charge in [0.2, 0.25) is 11.8 Å². The molecule has 0 aromatic carbocycles. The van der Waals surface area contributed by atoms with Crippen LogP contribution in [0.3, 0.4) is 0 Å². The Morgan fingerprint density at radius 3 is 2.50 bits per heavy atom. The maximum Gasteiger partial charge on any atom is 0.234 e. The maximum absolute atomic E-state index is 11.6. The van der Waals surface area contributed by atoms with Crippen LogP contribution >= 0.6 is 0 Å². The van der Waals surface area contributed by atoms with Crippen LogP contribution < -0.4 is 0 Å². The number of nitrogens with zero attached hydrogens (tertiary/aromatic N) is 1. The summed E-state index contributed by atoms with van der Waals surface area (Å²) in [4.78, 5) is 45.9. The van der Waals surface area contributed by atoms with Crippen LogP contribution in [0.2, 0.25) is 0 Å². The third kappa shape index (κ3) is 1.82. The standard InChI is InChI=1S/C10H8NO4.Y/c1-11-9(14)7-3-6(13)2-5(4-12)8(7)10(11)15;/h2,7-8H,3H2,1H3;/q-1;. The fraction of sp³-hybridized carbons (Fsp3) is 0.400. The van der Waals surface area contributed by atoms with Gasteiger partial charge in [-0.05, 0) is 6.29 Å². The molecule has 1 saturated heterocycles. The van der Waals surface area contributed by atoms with E-state index in [0.29, 0.717) is 0 Å². The van der Waals surface area contributed by atoms with Crippen molar-refractivity contribution in [1.82, 2.24) is 4.90 Å². The van der Waals surface area contributed by atoms with E-state index in [1.807, 2.05) is 0 Å². The molecule has 2 rings (SSSR count). The molecule has 1 heterocycles. The zero-order valence-electron chi connectivity index (χ0n) is 8.60. The SMILES string of the molecule is CN1C(=O)C2CC(=O)C=C([C-]=O)C2C1=O.[Y]. The van der Waals surface area contributed by atoms with E-state index in [1.165, 1.54) is 7.05 Å². The van der Waals surface area contributed by atoms with Crippen LogP contribution in [-0.2, 0) is 51.9 Å². The van der Waals surface area contributed by atoms with Crippen LogP contribution in [0.15, 0.2) is 11.6 Å². The second kappa shape index (κ2) is 4.67. The number of hydrogen-bond acceptors (Lipinski definition) is 4. The van der Waals surface area contributed by atoms with Gasteiger partial charge in [-0.25, -0.2) is 0 Å². The van der Waals surface area contributed by atoms with Crippen LogP contribution in [-0.4, -0.2) is 35.8 Å². The molecule has 1 aliphatic carbocycles. The van der Waals surface area contributed by atoms with Crippen molar-refractivity contribution in [2.24, 2.45) is 11.8 Å². The van der Waals surface area contributed by atoms with Crippen molar-refractivity contribution in [3.8, 4) is 0 Å². The van der Waals surface area contributed by atoms with E-state index in [0.717, 1.165) is 11.0 Å². The molecule has 6 heteroatoms. The number of amides is 2. The first-order valence-corrected chi connectivity index (χ1v) is 4.50. The van der Waals surface area contributed by atoms with E-state index in [1.54, 1.807) is 6.29 Å². The van der Waals surface area contributed by atoms with Crippen LogP contribution in [0, 0.1) is 11.8 Å². The summed E-state index contributed by atoms with van der Waals surface area (Å²) in [5, 5.41) is 0. The topological polar surface area (TPSA) is 71.5 Å². The van der Waals surface area contributed by atoms with Gasteiger partial charge in [0.15, 0.2) is 0 Å². The zero-order valence-corrected chi connectivity index (χ0v) is 11.4. The Morgan fingerprint density at radius 2 is 1.94 bits per heavy atom. The average Bonchev–Trinajstić information content (AvgIpc) is 2.43. The van der Waals surface area contributed by atoms with Gasteiger partial charge in [0.1, 0.15) is 0 Å². The average molecular weight is 295 g/mol. The molecule has 16 heavy (non-hydrogen) atoms. The Kier molecular flexibility index (Phi) is 3.91. The minimum Gasteiger partial charge on any atom is -0.419 e. The molecule has 2 atom stereocenters. The molecular formula is C10H8NO4Y-. The van der Waals surface area contributed by atoms with Crippen molar-refractivity contribution in [2.45, 2.75) is 6.42 Å². The molecule has 1 radical (unpaired) electrons. The maximum atomic E-state index is 11.6. The van der Waals surface area contributed by atoms with Gasteiger partial charge in [-0.1, -0.05) is 0 Å². The number of likely N-dealkylation sites (tertiary alicyclic amines) is 1. The van der Waals surface area contributed by atoms with E-state index in [9.17, 15) is 19.2 Å². The van der Waals surface area contributed by atoms with Gasteiger partial charge in [0.25, 0.3) is 0 Å². The van der Waals surface area contributed by atoms with Crippen molar-refractivity contribution in [2.75, 3.05) is 7.05 Å². The third-order valence-corrected chi connectivity index (χ3v) is 2.84. The Balaban J connectivity index is 0.00000128. The van der Waals surface area contributed by atoms with Gasteiger partial charge in [-0.15, -0.1) is 0 Å². The number of hydrogen-bond donors (Lipinski definition) is 0. The van der Waals surface area contributed by atoms with Crippen molar-refractivity contribution >= 4 is 23.9 Å². The minimum atomic E-state index is -0.794. The number of imide groups is 1. The summed E-state index contributed by atoms with van der Waals surface area (Å²) in [6, 6.07) is 0. The summed E-state index contributed by atoms with van der Waals surface area (Å²) >= 11 is 0. The van der Waals surface area contributed by atoms with Crippen LogP contribution in [0.1, 0.15) is 6.42 Å². The van der Waals surface area contributed by atoms with Gasteiger partial charge < -0.3 is 9.59 Å².